The number of unbranched alkanes of at least 4 members (excludes halogenated alkanes) is 1. The van der Waals surface area contributed by atoms with Gasteiger partial charge in [-0.05, 0) is 44.1 Å². The van der Waals surface area contributed by atoms with Gasteiger partial charge in [-0.15, -0.1) is 0 Å². The number of carboxylic acid groups (broad SMARTS) is 1. The average molecular weight is 511 g/mol. The van der Waals surface area contributed by atoms with Gasteiger partial charge in [-0.2, -0.15) is 0 Å². The molecule has 0 spiro atoms. The first kappa shape index (κ1) is 29.0. The third-order valence-corrected chi connectivity index (χ3v) is 7.98. The van der Waals surface area contributed by atoms with Gasteiger partial charge in [0.15, 0.2) is 0 Å². The number of carboxylic acids is 1. The molecule has 1 aromatic carbocycles. The van der Waals surface area contributed by atoms with E-state index < -0.39 is 44.2 Å². The van der Waals surface area contributed by atoms with Crippen molar-refractivity contribution >= 4 is 25.4 Å². The lowest BCUT2D eigenvalue weighted by Gasteiger charge is -2.31. The minimum absolute atomic E-state index is 0.159. The molecule has 0 saturated carbocycles. The number of nitrogens with one attached hydrogen (secondary N) is 1. The zero-order chi connectivity index (χ0) is 25.8. The number of esters is 1. The van der Waals surface area contributed by atoms with Gasteiger partial charge in [0.05, 0.1) is 6.04 Å². The third-order valence-electron chi connectivity index (χ3n) is 5.82. The van der Waals surface area contributed by atoms with Crippen LogP contribution < -0.4 is 5.09 Å². The SMILES string of the molecule is CCC(=O)OC(OP(=O)(CCCCc1ccccc1)NC1CCCCN(CC(=O)O)C1=O)C(C)C. The lowest BCUT2D eigenvalue weighted by Crippen LogP contribution is -2.46. The first-order valence-corrected chi connectivity index (χ1v) is 14.2. The van der Waals surface area contributed by atoms with Gasteiger partial charge >= 0.3 is 11.9 Å². The summed E-state index contributed by atoms with van der Waals surface area (Å²) < 4.78 is 25.4. The molecule has 1 aliphatic heterocycles. The number of aliphatic carboxylic acids is 1. The van der Waals surface area contributed by atoms with E-state index in [9.17, 15) is 24.1 Å². The summed E-state index contributed by atoms with van der Waals surface area (Å²) in [5, 5.41) is 12.1. The smallest absolute Gasteiger partial charge is 0.323 e. The highest BCUT2D eigenvalue weighted by molar-refractivity contribution is 7.56. The highest BCUT2D eigenvalue weighted by Crippen LogP contribution is 2.47. The van der Waals surface area contributed by atoms with E-state index in [4.69, 9.17) is 9.26 Å². The maximum absolute atomic E-state index is 14.1. The van der Waals surface area contributed by atoms with Crippen LogP contribution in [0.5, 0.6) is 0 Å². The standard InChI is InChI=1S/C25H39N2O7P/c1-4-23(30)33-25(19(2)3)34-35(32,17-11-9-14-20-12-6-5-7-13-20)26-21-15-8-10-16-27(24(21)31)18-22(28)29/h5-7,12-13,19,21,25H,4,8-11,14-18H2,1-3H3,(H,26,32)(H,28,29). The van der Waals surface area contributed by atoms with Crippen LogP contribution in [0.25, 0.3) is 0 Å². The van der Waals surface area contributed by atoms with E-state index in [0.29, 0.717) is 32.2 Å². The second-order valence-electron chi connectivity index (χ2n) is 9.23. The Labute approximate surface area is 208 Å². The fourth-order valence-electron chi connectivity index (χ4n) is 3.88. The van der Waals surface area contributed by atoms with E-state index in [2.05, 4.69) is 5.09 Å². The molecule has 10 heteroatoms. The van der Waals surface area contributed by atoms with Crippen LogP contribution in [-0.4, -0.2) is 59.4 Å². The van der Waals surface area contributed by atoms with Crippen LogP contribution in [0.2, 0.25) is 0 Å². The quantitative estimate of drug-likeness (QED) is 0.165. The van der Waals surface area contributed by atoms with Crippen LogP contribution in [0, 0.1) is 5.92 Å². The van der Waals surface area contributed by atoms with Crippen molar-refractivity contribution in [1.29, 1.82) is 0 Å². The van der Waals surface area contributed by atoms with Gasteiger partial charge in [-0.3, -0.25) is 23.5 Å². The molecule has 0 bridgehead atoms. The zero-order valence-electron chi connectivity index (χ0n) is 21.0. The molecule has 0 radical (unpaired) electrons. The Hall–Kier alpha value is -2.22. The van der Waals surface area contributed by atoms with Crippen LogP contribution in [0.1, 0.15) is 64.9 Å². The van der Waals surface area contributed by atoms with Crippen molar-refractivity contribution in [2.45, 2.75) is 78.0 Å². The molecular weight excluding hydrogens is 471 g/mol. The van der Waals surface area contributed by atoms with E-state index >= 15 is 0 Å². The van der Waals surface area contributed by atoms with Crippen molar-refractivity contribution in [3.63, 3.8) is 0 Å². The molecule has 2 N–H and O–H groups in total. The molecule has 196 valence electrons. The van der Waals surface area contributed by atoms with E-state index in [0.717, 1.165) is 12.8 Å². The zero-order valence-corrected chi connectivity index (χ0v) is 21.9. The summed E-state index contributed by atoms with van der Waals surface area (Å²) in [4.78, 5) is 37.5. The summed E-state index contributed by atoms with van der Waals surface area (Å²) in [7, 11) is -3.63. The molecule has 9 nitrogen and oxygen atoms in total. The number of ether oxygens (including phenoxy) is 1. The van der Waals surface area contributed by atoms with Gasteiger partial charge in [0.25, 0.3) is 7.52 Å². The molecule has 1 heterocycles. The number of carbonyl (C=O) groups excluding carboxylic acids is 2. The van der Waals surface area contributed by atoms with Gasteiger partial charge in [0.2, 0.25) is 12.2 Å². The molecule has 3 unspecified atom stereocenters. The van der Waals surface area contributed by atoms with Crippen LogP contribution in [0.15, 0.2) is 30.3 Å². The summed E-state index contributed by atoms with van der Waals surface area (Å²) in [5.41, 5.74) is 1.18. The monoisotopic (exact) mass is 510 g/mol. The number of hydrogen-bond acceptors (Lipinski definition) is 6. The molecule has 1 saturated heterocycles. The average Bonchev–Trinajstić information content (AvgIpc) is 2.98. The number of aryl methyl sites for hydroxylation is 1. The number of nitrogens with zero attached hydrogens (tertiary/aromatic N) is 1. The Morgan fingerprint density at radius 3 is 2.54 bits per heavy atom. The van der Waals surface area contributed by atoms with E-state index in [-0.39, 0.29) is 18.5 Å². The largest absolute Gasteiger partial charge is 0.480 e. The van der Waals surface area contributed by atoms with Crippen LogP contribution in [0.4, 0.5) is 0 Å². The number of benzene rings is 1. The summed E-state index contributed by atoms with van der Waals surface area (Å²) in [5.74, 6) is -2.20. The molecule has 3 atom stereocenters. The van der Waals surface area contributed by atoms with Gasteiger partial charge in [0, 0.05) is 25.0 Å². The Balaban J connectivity index is 2.16. The first-order chi connectivity index (χ1) is 16.6. The Morgan fingerprint density at radius 1 is 1.20 bits per heavy atom. The summed E-state index contributed by atoms with van der Waals surface area (Å²) in [6.07, 6.45) is 3.23. The highest BCUT2D eigenvalue weighted by Gasteiger charge is 2.37. The van der Waals surface area contributed by atoms with Crippen molar-refractivity contribution in [3.8, 4) is 0 Å². The molecule has 2 rings (SSSR count). The minimum Gasteiger partial charge on any atom is -0.480 e. The fraction of sp³-hybridized carbons (Fsp3) is 0.640. The lowest BCUT2D eigenvalue weighted by molar-refractivity contribution is -0.169. The number of rotatable bonds is 14. The lowest BCUT2D eigenvalue weighted by atomic mass is 10.1. The summed E-state index contributed by atoms with van der Waals surface area (Å²) in [6, 6.07) is 9.15. The summed E-state index contributed by atoms with van der Waals surface area (Å²) in [6.45, 7) is 5.22. The highest BCUT2D eigenvalue weighted by atomic mass is 31.2. The normalized spacial score (nSPS) is 19.1. The molecule has 1 aliphatic rings. The number of hydrogen-bond donors (Lipinski definition) is 2. The second kappa shape index (κ2) is 14.4. The maximum Gasteiger partial charge on any atom is 0.323 e. The first-order valence-electron chi connectivity index (χ1n) is 12.4. The van der Waals surface area contributed by atoms with Crippen molar-refractivity contribution < 1.29 is 33.3 Å². The molecule has 35 heavy (non-hydrogen) atoms. The van der Waals surface area contributed by atoms with Crippen molar-refractivity contribution in [2.24, 2.45) is 5.92 Å². The van der Waals surface area contributed by atoms with Crippen LogP contribution >= 0.6 is 7.52 Å². The fourth-order valence-corrected chi connectivity index (χ4v) is 6.16. The van der Waals surface area contributed by atoms with Crippen LogP contribution in [0.3, 0.4) is 0 Å². The topological polar surface area (TPSA) is 122 Å². The Bertz CT molecular complexity index is 878. The van der Waals surface area contributed by atoms with E-state index in [1.165, 1.54) is 10.5 Å². The van der Waals surface area contributed by atoms with Gasteiger partial charge < -0.3 is 14.7 Å². The van der Waals surface area contributed by atoms with Gasteiger partial charge in [-0.25, -0.2) is 5.09 Å². The second-order valence-corrected chi connectivity index (χ2v) is 11.5. The predicted molar refractivity (Wildman–Crippen MR) is 133 cm³/mol. The number of likely N-dealkylation sites (tertiary alicyclic amines) is 1. The van der Waals surface area contributed by atoms with E-state index in [1.807, 2.05) is 30.3 Å². The molecule has 0 aromatic heterocycles. The van der Waals surface area contributed by atoms with Crippen molar-refractivity contribution in [1.82, 2.24) is 9.99 Å². The van der Waals surface area contributed by atoms with Gasteiger partial charge in [-0.1, -0.05) is 51.1 Å². The number of carbonyl (C=O) groups is 3. The van der Waals surface area contributed by atoms with Gasteiger partial charge in [0.1, 0.15) is 6.54 Å². The summed E-state index contributed by atoms with van der Waals surface area (Å²) >= 11 is 0. The molecule has 1 aromatic rings. The molecular formula is C25H39N2O7P. The number of amides is 1. The Morgan fingerprint density at radius 2 is 1.91 bits per heavy atom. The van der Waals surface area contributed by atoms with Crippen molar-refractivity contribution in [3.05, 3.63) is 35.9 Å². The minimum atomic E-state index is -3.63. The molecule has 0 aliphatic carbocycles. The van der Waals surface area contributed by atoms with E-state index in [1.54, 1.807) is 20.8 Å². The Kier molecular flexibility index (Phi) is 11.9. The van der Waals surface area contributed by atoms with Crippen LogP contribution in [-0.2, 0) is 34.6 Å². The maximum atomic E-state index is 14.1. The van der Waals surface area contributed by atoms with Crippen molar-refractivity contribution in [2.75, 3.05) is 19.3 Å². The third kappa shape index (κ3) is 10.1. The molecule has 1 fully saturated rings. The predicted octanol–water partition coefficient (Wildman–Crippen LogP) is 4.21. The molecule has 1 amide bonds.